The van der Waals surface area contributed by atoms with E-state index in [-0.39, 0.29) is 35.9 Å². The van der Waals surface area contributed by atoms with Crippen molar-refractivity contribution in [3.05, 3.63) is 99.6 Å². The van der Waals surface area contributed by atoms with E-state index in [1.54, 1.807) is 37.3 Å². The minimum atomic E-state index is -0.653. The van der Waals surface area contributed by atoms with Crippen LogP contribution in [0.4, 0.5) is 8.78 Å². The van der Waals surface area contributed by atoms with E-state index in [1.807, 2.05) is 0 Å². The van der Waals surface area contributed by atoms with Gasteiger partial charge in [-0.1, -0.05) is 29.8 Å². The van der Waals surface area contributed by atoms with Crippen LogP contribution in [0.15, 0.2) is 60.7 Å². The molecular formula is C25H22ClF2NO4. The molecule has 5 nitrogen and oxygen atoms in total. The van der Waals surface area contributed by atoms with Crippen LogP contribution in [0.2, 0.25) is 5.02 Å². The third kappa shape index (κ3) is 6.08. The van der Waals surface area contributed by atoms with Crippen LogP contribution in [0, 0.1) is 11.6 Å². The van der Waals surface area contributed by atoms with Crippen LogP contribution in [0.25, 0.3) is 0 Å². The third-order valence-electron chi connectivity index (χ3n) is 5.04. The molecule has 3 aromatic carbocycles. The number of halogens is 3. The first kappa shape index (κ1) is 24.2. The quantitative estimate of drug-likeness (QED) is 0.438. The Hall–Kier alpha value is -3.45. The van der Waals surface area contributed by atoms with Crippen LogP contribution in [-0.2, 0) is 11.2 Å². The Kier molecular flexibility index (Phi) is 8.01. The van der Waals surface area contributed by atoms with Gasteiger partial charge >= 0.3 is 5.97 Å². The standard InChI is InChI=1S/C25H22ClF2NO4/c1-15(16-6-8-17(9-7-16)25(31)32-2)29-24(30)20-14-18(26)10-11-23(20)33-13-12-19-21(27)4-3-5-22(19)28/h3-11,14-15H,12-13H2,1-2H3,(H,29,30)/t15-/m0/s1. The number of rotatable bonds is 8. The molecule has 0 bridgehead atoms. The van der Waals surface area contributed by atoms with Crippen molar-refractivity contribution in [1.29, 1.82) is 0 Å². The predicted octanol–water partition coefficient (Wildman–Crippen LogP) is 5.52. The average molecular weight is 474 g/mol. The Morgan fingerprint density at radius 1 is 1.03 bits per heavy atom. The van der Waals surface area contributed by atoms with E-state index in [9.17, 15) is 18.4 Å². The van der Waals surface area contributed by atoms with Crippen molar-refractivity contribution < 1.29 is 27.8 Å². The van der Waals surface area contributed by atoms with E-state index < -0.39 is 23.5 Å². The number of benzene rings is 3. The predicted molar refractivity (Wildman–Crippen MR) is 121 cm³/mol. The molecule has 3 rings (SSSR count). The number of esters is 1. The van der Waals surface area contributed by atoms with Crippen molar-refractivity contribution in [1.82, 2.24) is 5.32 Å². The molecule has 0 spiro atoms. The van der Waals surface area contributed by atoms with E-state index in [4.69, 9.17) is 16.3 Å². The molecular weight excluding hydrogens is 452 g/mol. The highest BCUT2D eigenvalue weighted by atomic mass is 35.5. The van der Waals surface area contributed by atoms with E-state index in [2.05, 4.69) is 10.1 Å². The van der Waals surface area contributed by atoms with E-state index in [1.165, 1.54) is 37.4 Å². The molecule has 0 aliphatic heterocycles. The van der Waals surface area contributed by atoms with Gasteiger partial charge in [0.25, 0.3) is 5.91 Å². The number of carbonyl (C=O) groups is 2. The normalized spacial score (nSPS) is 11.5. The van der Waals surface area contributed by atoms with Gasteiger partial charge in [-0.3, -0.25) is 4.79 Å². The fourth-order valence-corrected chi connectivity index (χ4v) is 3.40. The highest BCUT2D eigenvalue weighted by Crippen LogP contribution is 2.25. The number of hydrogen-bond acceptors (Lipinski definition) is 4. The lowest BCUT2D eigenvalue weighted by Crippen LogP contribution is -2.27. The molecule has 33 heavy (non-hydrogen) atoms. The zero-order valence-electron chi connectivity index (χ0n) is 18.0. The Balaban J connectivity index is 1.70. The summed E-state index contributed by atoms with van der Waals surface area (Å²) in [6.07, 6.45) is -0.00879. The molecule has 0 fully saturated rings. The number of amides is 1. The topological polar surface area (TPSA) is 64.6 Å². The number of ether oxygens (including phenoxy) is 2. The Labute approximate surface area is 195 Å². The van der Waals surface area contributed by atoms with Gasteiger partial charge < -0.3 is 14.8 Å². The molecule has 8 heteroatoms. The summed E-state index contributed by atoms with van der Waals surface area (Å²) in [4.78, 5) is 24.5. The summed E-state index contributed by atoms with van der Waals surface area (Å²) in [5.41, 5.74) is 1.28. The zero-order valence-corrected chi connectivity index (χ0v) is 18.8. The second-order valence-corrected chi connectivity index (χ2v) is 7.68. The molecule has 0 saturated heterocycles. The van der Waals surface area contributed by atoms with Gasteiger partial charge in [-0.15, -0.1) is 0 Å². The molecule has 0 saturated carbocycles. The van der Waals surface area contributed by atoms with Gasteiger partial charge in [-0.05, 0) is 55.0 Å². The Morgan fingerprint density at radius 2 is 1.70 bits per heavy atom. The van der Waals surface area contributed by atoms with Crippen LogP contribution in [0.5, 0.6) is 5.75 Å². The summed E-state index contributed by atoms with van der Waals surface area (Å²) < 4.78 is 38.0. The Bertz CT molecular complexity index is 1130. The Morgan fingerprint density at radius 3 is 2.33 bits per heavy atom. The summed E-state index contributed by atoms with van der Waals surface area (Å²) in [6, 6.07) is 14.5. The van der Waals surface area contributed by atoms with Crippen LogP contribution in [0.3, 0.4) is 0 Å². The molecule has 0 aliphatic carbocycles. The summed E-state index contributed by atoms with van der Waals surface area (Å²) in [5.74, 6) is -1.95. The second kappa shape index (κ2) is 10.9. The van der Waals surface area contributed by atoms with Gasteiger partial charge in [0.1, 0.15) is 17.4 Å². The van der Waals surface area contributed by atoms with E-state index in [0.29, 0.717) is 10.6 Å². The fourth-order valence-electron chi connectivity index (χ4n) is 3.22. The van der Waals surface area contributed by atoms with Gasteiger partial charge in [0.15, 0.2) is 0 Å². The maximum absolute atomic E-state index is 13.8. The first-order valence-electron chi connectivity index (χ1n) is 10.1. The SMILES string of the molecule is COC(=O)c1ccc([C@H](C)NC(=O)c2cc(Cl)ccc2OCCc2c(F)cccc2F)cc1. The minimum absolute atomic E-state index is 0.00879. The van der Waals surface area contributed by atoms with Gasteiger partial charge in [-0.25, -0.2) is 13.6 Å². The van der Waals surface area contributed by atoms with Crippen LogP contribution < -0.4 is 10.1 Å². The van der Waals surface area contributed by atoms with Gasteiger partial charge in [0.05, 0.1) is 30.9 Å². The molecule has 0 heterocycles. The third-order valence-corrected chi connectivity index (χ3v) is 5.27. The van der Waals surface area contributed by atoms with Crippen molar-refractivity contribution >= 4 is 23.5 Å². The first-order valence-corrected chi connectivity index (χ1v) is 10.5. The van der Waals surface area contributed by atoms with E-state index >= 15 is 0 Å². The van der Waals surface area contributed by atoms with Gasteiger partial charge in [0, 0.05) is 17.0 Å². The van der Waals surface area contributed by atoms with Crippen molar-refractivity contribution in [3.8, 4) is 5.75 Å². The lowest BCUT2D eigenvalue weighted by molar-refractivity contribution is 0.0600. The lowest BCUT2D eigenvalue weighted by Gasteiger charge is -2.17. The summed E-state index contributed by atoms with van der Waals surface area (Å²) >= 11 is 6.07. The van der Waals surface area contributed by atoms with Gasteiger partial charge in [0.2, 0.25) is 0 Å². The molecule has 1 amide bonds. The van der Waals surface area contributed by atoms with Crippen LogP contribution in [-0.4, -0.2) is 25.6 Å². The van der Waals surface area contributed by atoms with Gasteiger partial charge in [-0.2, -0.15) is 0 Å². The maximum Gasteiger partial charge on any atom is 0.337 e. The second-order valence-electron chi connectivity index (χ2n) is 7.25. The highest BCUT2D eigenvalue weighted by molar-refractivity contribution is 6.31. The monoisotopic (exact) mass is 473 g/mol. The molecule has 0 aromatic heterocycles. The van der Waals surface area contributed by atoms with Crippen molar-refractivity contribution in [2.24, 2.45) is 0 Å². The van der Waals surface area contributed by atoms with Crippen molar-refractivity contribution in [3.63, 3.8) is 0 Å². The van der Waals surface area contributed by atoms with Crippen molar-refractivity contribution in [2.45, 2.75) is 19.4 Å². The molecule has 1 atom stereocenters. The molecule has 172 valence electrons. The molecule has 0 radical (unpaired) electrons. The fraction of sp³-hybridized carbons (Fsp3) is 0.200. The maximum atomic E-state index is 13.8. The summed E-state index contributed by atoms with van der Waals surface area (Å²) in [6.45, 7) is 1.75. The minimum Gasteiger partial charge on any atom is -0.492 e. The number of nitrogens with one attached hydrogen (secondary N) is 1. The number of hydrogen-bond donors (Lipinski definition) is 1. The smallest absolute Gasteiger partial charge is 0.337 e. The lowest BCUT2D eigenvalue weighted by atomic mass is 10.1. The summed E-state index contributed by atoms with van der Waals surface area (Å²) in [7, 11) is 1.30. The molecule has 0 aliphatic rings. The zero-order chi connectivity index (χ0) is 24.0. The number of methoxy groups -OCH3 is 1. The van der Waals surface area contributed by atoms with E-state index in [0.717, 1.165) is 5.56 Å². The summed E-state index contributed by atoms with van der Waals surface area (Å²) in [5, 5.41) is 3.19. The first-order chi connectivity index (χ1) is 15.8. The number of carbonyl (C=O) groups excluding carboxylic acids is 2. The molecule has 1 N–H and O–H groups in total. The largest absolute Gasteiger partial charge is 0.492 e. The highest BCUT2D eigenvalue weighted by Gasteiger charge is 2.18. The van der Waals surface area contributed by atoms with Crippen LogP contribution >= 0.6 is 11.6 Å². The molecule has 3 aromatic rings. The molecule has 0 unspecified atom stereocenters. The average Bonchev–Trinajstić information content (AvgIpc) is 2.81. The van der Waals surface area contributed by atoms with Crippen LogP contribution in [0.1, 0.15) is 44.8 Å². The van der Waals surface area contributed by atoms with Crippen molar-refractivity contribution in [2.75, 3.05) is 13.7 Å².